The first-order chi connectivity index (χ1) is 14.4. The van der Waals surface area contributed by atoms with Gasteiger partial charge in [-0.05, 0) is 18.6 Å². The molecule has 30 heavy (non-hydrogen) atoms. The van der Waals surface area contributed by atoms with E-state index in [1.165, 1.54) is 4.90 Å². The van der Waals surface area contributed by atoms with Crippen LogP contribution in [0, 0.1) is 5.92 Å². The summed E-state index contributed by atoms with van der Waals surface area (Å²) < 4.78 is 17.2. The monoisotopic (exact) mass is 423 g/mol. The lowest BCUT2D eigenvalue weighted by atomic mass is 9.97. The molecule has 1 fully saturated rings. The van der Waals surface area contributed by atoms with Gasteiger partial charge >= 0.3 is 11.9 Å². The molecule has 0 saturated carbocycles. The summed E-state index contributed by atoms with van der Waals surface area (Å²) in [4.78, 5) is 31.5. The van der Waals surface area contributed by atoms with Crippen LogP contribution in [-0.2, 0) is 19.1 Å². The number of benzene rings is 1. The number of hydrogen-bond donors (Lipinski definition) is 2. The Balaban J connectivity index is 0.000000469. The van der Waals surface area contributed by atoms with E-state index >= 15 is 0 Å². The largest absolute Gasteiger partial charge is 0.539 e. The van der Waals surface area contributed by atoms with E-state index in [2.05, 4.69) is 6.92 Å². The smallest absolute Gasteiger partial charge is 0.351 e. The highest BCUT2D eigenvalue weighted by Gasteiger charge is 2.31. The number of likely N-dealkylation sites (tertiary alicyclic amines) is 1. The number of rotatable bonds is 6. The summed E-state index contributed by atoms with van der Waals surface area (Å²) in [5.41, 5.74) is 0. The molecule has 2 N–H and O–H groups in total. The molecule has 166 valence electrons. The van der Waals surface area contributed by atoms with Crippen LogP contribution in [-0.4, -0.2) is 62.0 Å². The van der Waals surface area contributed by atoms with E-state index in [1.807, 2.05) is 24.3 Å². The number of hydrogen-bond acceptors (Lipinski definition) is 7. The summed E-state index contributed by atoms with van der Waals surface area (Å²) in [6.07, 6.45) is 3.91. The predicted octanol–water partition coefficient (Wildman–Crippen LogP) is -0.714. The fraction of sp³-hybridized carbons (Fsp3) is 0.571. The Hall–Kier alpha value is -2.81. The number of aliphatic carboxylic acids is 2. The fourth-order valence-electron chi connectivity index (χ4n) is 3.39. The molecule has 1 aromatic carbocycles. The lowest BCUT2D eigenvalue weighted by Gasteiger charge is -2.32. The van der Waals surface area contributed by atoms with E-state index in [4.69, 9.17) is 34.0 Å². The van der Waals surface area contributed by atoms with Crippen molar-refractivity contribution in [1.29, 1.82) is 0 Å². The summed E-state index contributed by atoms with van der Waals surface area (Å²) in [6, 6.07) is 7.81. The van der Waals surface area contributed by atoms with Gasteiger partial charge in [0.1, 0.15) is 13.2 Å². The molecule has 0 aromatic heterocycles. The molecule has 0 amide bonds. The molecule has 2 aliphatic rings. The molecule has 1 saturated heterocycles. The zero-order chi connectivity index (χ0) is 21.9. The Morgan fingerprint density at radius 1 is 1.20 bits per heavy atom. The number of unbranched alkanes of at least 4 members (excludes halogenated alkanes) is 1. The lowest BCUT2D eigenvalue weighted by molar-refractivity contribution is -0.908. The molecule has 3 rings (SSSR count). The van der Waals surface area contributed by atoms with Gasteiger partial charge in [0, 0.05) is 12.8 Å². The number of carbonyl (C=O) groups excluding carboxylic acids is 2. The highest BCUT2D eigenvalue weighted by Crippen LogP contribution is 2.30. The third-order valence-electron chi connectivity index (χ3n) is 5.03. The summed E-state index contributed by atoms with van der Waals surface area (Å²) >= 11 is 0. The molecule has 9 nitrogen and oxygen atoms in total. The van der Waals surface area contributed by atoms with Crippen LogP contribution in [0.2, 0.25) is 0 Å². The van der Waals surface area contributed by atoms with E-state index in [9.17, 15) is 4.79 Å². The van der Waals surface area contributed by atoms with Crippen LogP contribution in [0.4, 0.5) is 0 Å². The molecule has 1 aromatic rings. The van der Waals surface area contributed by atoms with Crippen molar-refractivity contribution in [1.82, 2.24) is 0 Å². The number of piperidine rings is 1. The van der Waals surface area contributed by atoms with E-state index in [-0.39, 0.29) is 18.0 Å². The predicted molar refractivity (Wildman–Crippen MR) is 103 cm³/mol. The van der Waals surface area contributed by atoms with Gasteiger partial charge in [0.05, 0.1) is 25.6 Å². The molecule has 1 unspecified atom stereocenters. The van der Waals surface area contributed by atoms with Gasteiger partial charge in [0.15, 0.2) is 23.6 Å². The second kappa shape index (κ2) is 12.0. The SMILES string of the molecule is CCCCOC(=O)C1CC[NH+](CC2COc3ccccc3O2)CC1.O=C([O-])C(=O)O. The number of fused-ring (bicyclic) bond motifs is 1. The van der Waals surface area contributed by atoms with Gasteiger partial charge in [-0.3, -0.25) is 4.79 Å². The number of carboxylic acids is 2. The first-order valence-electron chi connectivity index (χ1n) is 10.2. The van der Waals surface area contributed by atoms with Gasteiger partial charge in [-0.1, -0.05) is 25.5 Å². The summed E-state index contributed by atoms with van der Waals surface area (Å²) in [7, 11) is 0. The molecule has 0 bridgehead atoms. The first kappa shape index (κ1) is 23.5. The van der Waals surface area contributed by atoms with Crippen LogP contribution >= 0.6 is 0 Å². The van der Waals surface area contributed by atoms with Crippen molar-refractivity contribution in [2.75, 3.05) is 32.8 Å². The number of esters is 1. The molecular formula is C21H29NO8. The normalized spacial score (nSPS) is 22.2. The third-order valence-corrected chi connectivity index (χ3v) is 5.03. The molecule has 2 heterocycles. The van der Waals surface area contributed by atoms with Gasteiger partial charge in [-0.25, -0.2) is 4.79 Å². The maximum atomic E-state index is 12.0. The molecule has 2 aliphatic heterocycles. The van der Waals surface area contributed by atoms with Crippen molar-refractivity contribution in [2.45, 2.75) is 38.7 Å². The van der Waals surface area contributed by atoms with Gasteiger partial charge in [0.2, 0.25) is 0 Å². The molecule has 0 spiro atoms. The average Bonchev–Trinajstić information content (AvgIpc) is 2.74. The molecule has 0 aliphatic carbocycles. The number of ether oxygens (including phenoxy) is 3. The third kappa shape index (κ3) is 7.55. The van der Waals surface area contributed by atoms with E-state index < -0.39 is 11.9 Å². The molecule has 0 radical (unpaired) electrons. The summed E-state index contributed by atoms with van der Waals surface area (Å²) in [6.45, 7) is 6.18. The van der Waals surface area contributed by atoms with Crippen molar-refractivity contribution >= 4 is 17.9 Å². The van der Waals surface area contributed by atoms with E-state index in [1.54, 1.807) is 0 Å². The summed E-state index contributed by atoms with van der Waals surface area (Å²) in [5, 5.41) is 16.3. The fourth-order valence-corrected chi connectivity index (χ4v) is 3.39. The summed E-state index contributed by atoms with van der Waals surface area (Å²) in [5.74, 6) is -2.27. The van der Waals surface area contributed by atoms with Crippen molar-refractivity contribution in [3.8, 4) is 11.5 Å². The zero-order valence-electron chi connectivity index (χ0n) is 17.1. The maximum absolute atomic E-state index is 12.0. The van der Waals surface area contributed by atoms with Crippen LogP contribution in [0.3, 0.4) is 0 Å². The first-order valence-corrected chi connectivity index (χ1v) is 10.2. The Morgan fingerprint density at radius 2 is 1.83 bits per heavy atom. The van der Waals surface area contributed by atoms with E-state index in [0.717, 1.165) is 56.8 Å². The van der Waals surface area contributed by atoms with Crippen molar-refractivity contribution in [2.24, 2.45) is 5.92 Å². The van der Waals surface area contributed by atoms with E-state index in [0.29, 0.717) is 13.2 Å². The van der Waals surface area contributed by atoms with Crippen LogP contribution in [0.5, 0.6) is 11.5 Å². The van der Waals surface area contributed by atoms with Gasteiger partial charge in [0.25, 0.3) is 0 Å². The van der Waals surface area contributed by atoms with Gasteiger partial charge in [-0.15, -0.1) is 0 Å². The number of carbonyl (C=O) groups is 3. The second-order valence-electron chi connectivity index (χ2n) is 7.34. The quantitative estimate of drug-likeness (QED) is 0.349. The minimum Gasteiger partial charge on any atom is -0.539 e. The highest BCUT2D eigenvalue weighted by molar-refractivity contribution is 6.26. The van der Waals surface area contributed by atoms with Crippen LogP contribution in [0.25, 0.3) is 0 Å². The topological polar surface area (TPSA) is 127 Å². The van der Waals surface area contributed by atoms with Gasteiger partial charge in [-0.2, -0.15) is 0 Å². The minimum atomic E-state index is -2.07. The van der Waals surface area contributed by atoms with Crippen molar-refractivity contribution < 1.29 is 43.7 Å². The standard InChI is InChI=1S/C19H27NO4.C2H2O4/c1-2-3-12-22-19(21)15-8-10-20(11-9-15)13-16-14-23-17-6-4-5-7-18(17)24-16;3-1(4)2(5)6/h4-7,15-16H,2-3,8-14H2,1H3;(H,3,4)(H,5,6). The maximum Gasteiger partial charge on any atom is 0.351 e. The second-order valence-corrected chi connectivity index (χ2v) is 7.34. The number of carboxylic acid groups (broad SMARTS) is 2. The molecular weight excluding hydrogens is 394 g/mol. The Labute approximate surface area is 175 Å². The van der Waals surface area contributed by atoms with Gasteiger partial charge < -0.3 is 34.1 Å². The minimum absolute atomic E-state index is 0.00585. The Kier molecular flexibility index (Phi) is 9.40. The number of para-hydroxylation sites is 2. The molecule has 1 atom stereocenters. The average molecular weight is 423 g/mol. The highest BCUT2D eigenvalue weighted by atomic mass is 16.6. The Morgan fingerprint density at radius 3 is 2.43 bits per heavy atom. The van der Waals surface area contributed by atoms with Crippen LogP contribution in [0.1, 0.15) is 32.6 Å². The van der Waals surface area contributed by atoms with Crippen molar-refractivity contribution in [3.05, 3.63) is 24.3 Å². The molecule has 9 heteroatoms. The Bertz CT molecular complexity index is 703. The number of quaternary nitrogens is 1. The van der Waals surface area contributed by atoms with Crippen LogP contribution < -0.4 is 19.5 Å². The van der Waals surface area contributed by atoms with Crippen LogP contribution in [0.15, 0.2) is 24.3 Å². The lowest BCUT2D eigenvalue weighted by Crippen LogP contribution is -3.14. The number of nitrogens with one attached hydrogen (secondary N) is 1. The zero-order valence-corrected chi connectivity index (χ0v) is 17.1. The van der Waals surface area contributed by atoms with Crippen molar-refractivity contribution in [3.63, 3.8) is 0 Å².